The van der Waals surface area contributed by atoms with Gasteiger partial charge in [0, 0.05) is 34.3 Å². The number of nitrogens with zero attached hydrogens (tertiary/aromatic N) is 2. The maximum absolute atomic E-state index is 12.5. The lowest BCUT2D eigenvalue weighted by Crippen LogP contribution is -2.15. The van der Waals surface area contributed by atoms with E-state index in [2.05, 4.69) is 5.16 Å². The summed E-state index contributed by atoms with van der Waals surface area (Å²) in [7, 11) is 0. The van der Waals surface area contributed by atoms with Gasteiger partial charge < -0.3 is 9.26 Å². The molecule has 0 saturated carbocycles. The number of hydrogen-bond acceptors (Lipinski definition) is 6. The van der Waals surface area contributed by atoms with Crippen molar-refractivity contribution in [2.75, 3.05) is 6.61 Å². The number of Topliss-reactive ketones (excluding diaryl/α,β-unsaturated/α-hetero) is 1. The van der Waals surface area contributed by atoms with Crippen LogP contribution in [0.2, 0.25) is 0 Å². The molecule has 6 nitrogen and oxygen atoms in total. The number of carbonyl (C=O) groups excluding carboxylic acids is 2. The summed E-state index contributed by atoms with van der Waals surface area (Å²) >= 11 is 1.67. The minimum atomic E-state index is -0.346. The third-order valence-corrected chi connectivity index (χ3v) is 5.26. The van der Waals surface area contributed by atoms with Crippen molar-refractivity contribution in [2.24, 2.45) is 0 Å². The van der Waals surface area contributed by atoms with E-state index in [0.717, 1.165) is 17.8 Å². The van der Waals surface area contributed by atoms with Crippen LogP contribution in [0.25, 0.3) is 5.82 Å². The molecule has 0 aliphatic carbocycles. The molecule has 7 heteroatoms. The summed E-state index contributed by atoms with van der Waals surface area (Å²) in [5, 5.41) is 6.02. The molecule has 0 fully saturated rings. The van der Waals surface area contributed by atoms with Gasteiger partial charge in [0.1, 0.15) is 5.76 Å². The Morgan fingerprint density at radius 2 is 2.07 bits per heavy atom. The molecule has 0 radical (unpaired) electrons. The summed E-state index contributed by atoms with van der Waals surface area (Å²) in [6.45, 7) is 5.30. The molecule has 0 amide bonds. The van der Waals surface area contributed by atoms with Crippen LogP contribution in [0.3, 0.4) is 0 Å². The zero-order valence-corrected chi connectivity index (χ0v) is 16.5. The van der Waals surface area contributed by atoms with Crippen molar-refractivity contribution in [3.05, 3.63) is 57.2 Å². The second-order valence-electron chi connectivity index (χ2n) is 6.43. The Hall–Kier alpha value is -2.67. The van der Waals surface area contributed by atoms with Crippen molar-refractivity contribution in [3.8, 4) is 5.82 Å². The number of aryl methyl sites for hydroxylation is 3. The normalized spacial score (nSPS) is 10.9. The first-order chi connectivity index (χ1) is 13.0. The summed E-state index contributed by atoms with van der Waals surface area (Å²) in [5.41, 5.74) is 2.14. The van der Waals surface area contributed by atoms with Crippen LogP contribution in [0.5, 0.6) is 0 Å². The lowest BCUT2D eigenvalue weighted by Gasteiger charge is -2.06. The van der Waals surface area contributed by atoms with E-state index in [1.54, 1.807) is 17.4 Å². The third kappa shape index (κ3) is 4.54. The topological polar surface area (TPSA) is 74.3 Å². The highest BCUT2D eigenvalue weighted by atomic mass is 32.1. The fourth-order valence-electron chi connectivity index (χ4n) is 3.01. The Balaban J connectivity index is 1.56. The van der Waals surface area contributed by atoms with Gasteiger partial charge in [0.25, 0.3) is 0 Å². The molecule has 0 N–H and O–H groups in total. The van der Waals surface area contributed by atoms with Gasteiger partial charge in [0.2, 0.25) is 5.78 Å². The van der Waals surface area contributed by atoms with Gasteiger partial charge >= 0.3 is 5.97 Å². The zero-order chi connectivity index (χ0) is 19.4. The van der Waals surface area contributed by atoms with Gasteiger partial charge in [-0.15, -0.1) is 11.3 Å². The van der Waals surface area contributed by atoms with Crippen LogP contribution in [0.1, 0.15) is 45.2 Å². The molecule has 3 aromatic heterocycles. The smallest absolute Gasteiger partial charge is 0.306 e. The van der Waals surface area contributed by atoms with E-state index in [9.17, 15) is 9.59 Å². The molecule has 0 bridgehead atoms. The number of hydrogen-bond donors (Lipinski definition) is 0. The van der Waals surface area contributed by atoms with Gasteiger partial charge in [-0.1, -0.05) is 11.2 Å². The molecule has 3 aromatic rings. The van der Waals surface area contributed by atoms with Gasteiger partial charge in [-0.3, -0.25) is 14.2 Å². The van der Waals surface area contributed by atoms with Crippen molar-refractivity contribution in [1.82, 2.24) is 9.72 Å². The van der Waals surface area contributed by atoms with Gasteiger partial charge in [-0.25, -0.2) is 0 Å². The Bertz CT molecular complexity index is 938. The van der Waals surface area contributed by atoms with E-state index in [0.29, 0.717) is 30.0 Å². The van der Waals surface area contributed by atoms with Gasteiger partial charge in [0.05, 0.1) is 0 Å². The summed E-state index contributed by atoms with van der Waals surface area (Å²) in [5.74, 6) is 0.760. The second-order valence-corrected chi connectivity index (χ2v) is 7.46. The number of ether oxygens (including phenoxy) is 1. The van der Waals surface area contributed by atoms with E-state index in [1.807, 2.05) is 48.9 Å². The van der Waals surface area contributed by atoms with Gasteiger partial charge in [0.15, 0.2) is 12.4 Å². The molecule has 0 saturated heterocycles. The number of esters is 1. The van der Waals surface area contributed by atoms with Crippen molar-refractivity contribution in [2.45, 2.75) is 40.0 Å². The molecule has 27 heavy (non-hydrogen) atoms. The van der Waals surface area contributed by atoms with Crippen molar-refractivity contribution in [1.29, 1.82) is 0 Å². The molecule has 3 heterocycles. The monoisotopic (exact) mass is 386 g/mol. The van der Waals surface area contributed by atoms with Crippen LogP contribution in [0.15, 0.2) is 34.2 Å². The highest BCUT2D eigenvalue weighted by Gasteiger charge is 2.19. The molecule has 142 valence electrons. The average Bonchev–Trinajstić information content (AvgIpc) is 3.34. The molecule has 0 aliphatic heterocycles. The number of carbonyl (C=O) groups is 2. The number of ketones is 1. The van der Waals surface area contributed by atoms with Crippen LogP contribution >= 0.6 is 11.3 Å². The first-order valence-corrected chi connectivity index (χ1v) is 9.67. The Morgan fingerprint density at radius 3 is 2.74 bits per heavy atom. The molecular weight excluding hydrogens is 364 g/mol. The van der Waals surface area contributed by atoms with E-state index < -0.39 is 0 Å². The number of aromatic nitrogens is 2. The molecule has 0 unspecified atom stereocenters. The van der Waals surface area contributed by atoms with Gasteiger partial charge in [-0.05, 0) is 51.1 Å². The predicted molar refractivity (Wildman–Crippen MR) is 103 cm³/mol. The minimum absolute atomic E-state index is 0.221. The van der Waals surface area contributed by atoms with E-state index in [-0.39, 0.29) is 18.4 Å². The lowest BCUT2D eigenvalue weighted by atomic mass is 10.1. The van der Waals surface area contributed by atoms with Crippen LogP contribution in [-0.2, 0) is 16.0 Å². The summed E-state index contributed by atoms with van der Waals surface area (Å²) < 4.78 is 12.1. The second kappa shape index (κ2) is 8.35. The molecule has 3 rings (SSSR count). The maximum atomic E-state index is 12.5. The van der Waals surface area contributed by atoms with Crippen molar-refractivity contribution >= 4 is 23.1 Å². The third-order valence-electron chi connectivity index (χ3n) is 4.32. The van der Waals surface area contributed by atoms with Gasteiger partial charge in [-0.2, -0.15) is 0 Å². The SMILES string of the molecule is Cc1cc(-n2c(C)cc(C(=O)COC(=O)CCCc3cccs3)c2C)no1. The standard InChI is InChI=1S/C20H22N2O4S/c1-13-10-17(15(3)22(13)19-11-14(2)26-21-19)18(23)12-25-20(24)8-4-6-16-7-5-9-27-16/h5,7,9-11H,4,6,8,12H2,1-3H3. The summed E-state index contributed by atoms with van der Waals surface area (Å²) in [6.07, 6.45) is 1.87. The number of thiophene rings is 1. The van der Waals surface area contributed by atoms with E-state index in [4.69, 9.17) is 9.26 Å². The largest absolute Gasteiger partial charge is 0.457 e. The van der Waals surface area contributed by atoms with Crippen LogP contribution in [0.4, 0.5) is 0 Å². The molecular formula is C20H22N2O4S. The first kappa shape index (κ1) is 19.1. The minimum Gasteiger partial charge on any atom is -0.457 e. The fourth-order valence-corrected chi connectivity index (χ4v) is 3.77. The van der Waals surface area contributed by atoms with Crippen LogP contribution in [-0.4, -0.2) is 28.1 Å². The van der Waals surface area contributed by atoms with E-state index in [1.165, 1.54) is 4.88 Å². The highest BCUT2D eigenvalue weighted by Crippen LogP contribution is 2.21. The first-order valence-electron chi connectivity index (χ1n) is 8.79. The lowest BCUT2D eigenvalue weighted by molar-refractivity contribution is -0.142. The predicted octanol–water partition coefficient (Wildman–Crippen LogP) is 4.20. The highest BCUT2D eigenvalue weighted by molar-refractivity contribution is 7.09. The summed E-state index contributed by atoms with van der Waals surface area (Å²) in [6, 6.07) is 7.63. The molecule has 0 spiro atoms. The fraction of sp³-hybridized carbons (Fsp3) is 0.350. The van der Waals surface area contributed by atoms with Crippen molar-refractivity contribution in [3.63, 3.8) is 0 Å². The average molecular weight is 386 g/mol. The van der Waals surface area contributed by atoms with Crippen LogP contribution in [0, 0.1) is 20.8 Å². The molecule has 0 atom stereocenters. The Morgan fingerprint density at radius 1 is 1.26 bits per heavy atom. The molecule has 0 aromatic carbocycles. The Labute approximate surface area is 161 Å². The zero-order valence-electron chi connectivity index (χ0n) is 15.7. The maximum Gasteiger partial charge on any atom is 0.306 e. The summed E-state index contributed by atoms with van der Waals surface area (Å²) in [4.78, 5) is 25.6. The van der Waals surface area contributed by atoms with Crippen molar-refractivity contribution < 1.29 is 18.8 Å². The number of rotatable bonds is 8. The Kier molecular flexibility index (Phi) is 5.91. The molecule has 0 aliphatic rings. The van der Waals surface area contributed by atoms with Crippen LogP contribution < -0.4 is 0 Å². The van der Waals surface area contributed by atoms with E-state index >= 15 is 0 Å². The quantitative estimate of drug-likeness (QED) is 0.428.